The Bertz CT molecular complexity index is 1510. The molecule has 170 valence electrons. The molecule has 0 bridgehead atoms. The van der Waals surface area contributed by atoms with Crippen LogP contribution in [-0.4, -0.2) is 40.6 Å². The maximum atomic E-state index is 14.1. The van der Waals surface area contributed by atoms with Gasteiger partial charge in [0.2, 0.25) is 0 Å². The Morgan fingerprint density at radius 1 is 1.06 bits per heavy atom. The molecule has 0 aliphatic rings. The first kappa shape index (κ1) is 21.5. The first-order chi connectivity index (χ1) is 16.3. The van der Waals surface area contributed by atoms with Crippen molar-refractivity contribution in [3.05, 3.63) is 83.7 Å². The minimum Gasteiger partial charge on any atom is -0.320 e. The van der Waals surface area contributed by atoms with Gasteiger partial charge in [0.1, 0.15) is 0 Å². The van der Waals surface area contributed by atoms with E-state index in [4.69, 9.17) is 11.6 Å². The molecule has 0 spiro atoms. The number of nitrogens with one attached hydrogen (secondary N) is 1. The molecular weight excluding hydrogens is 473 g/mol. The van der Waals surface area contributed by atoms with E-state index in [2.05, 4.69) is 30.7 Å². The third kappa shape index (κ3) is 3.83. The second-order valence-electron chi connectivity index (χ2n) is 6.99. The SMILES string of the molecule is O=C(Nc1cnc(-n2ccnn2)c(Cl)c1)c1cnn(-c2cccc3ncccc23)c1C(F)(F)F. The predicted octanol–water partition coefficient (Wildman–Crippen LogP) is 4.32. The fourth-order valence-electron chi connectivity index (χ4n) is 3.43. The Kier molecular flexibility index (Phi) is 5.21. The number of anilines is 1. The highest BCUT2D eigenvalue weighted by Crippen LogP contribution is 2.35. The van der Waals surface area contributed by atoms with Gasteiger partial charge in [0.05, 0.1) is 52.3 Å². The molecule has 0 aliphatic carbocycles. The summed E-state index contributed by atoms with van der Waals surface area (Å²) < 4.78 is 44.3. The lowest BCUT2D eigenvalue weighted by atomic mass is 10.1. The zero-order chi connectivity index (χ0) is 23.9. The van der Waals surface area contributed by atoms with E-state index in [1.807, 2.05) is 0 Å². The third-order valence-corrected chi connectivity index (χ3v) is 5.13. The highest BCUT2D eigenvalue weighted by molar-refractivity contribution is 6.32. The molecular formula is C21H12ClF3N8O. The van der Waals surface area contributed by atoms with Crippen LogP contribution in [0.4, 0.5) is 18.9 Å². The van der Waals surface area contributed by atoms with Crippen molar-refractivity contribution in [2.75, 3.05) is 5.32 Å². The summed E-state index contributed by atoms with van der Waals surface area (Å²) in [5.74, 6) is -0.783. The molecule has 0 aliphatic heterocycles. The molecule has 5 aromatic rings. The lowest BCUT2D eigenvalue weighted by molar-refractivity contribution is -0.143. The number of carbonyl (C=O) groups is 1. The maximum absolute atomic E-state index is 14.1. The Morgan fingerprint density at radius 2 is 1.91 bits per heavy atom. The van der Waals surface area contributed by atoms with Crippen LogP contribution in [0.2, 0.25) is 5.02 Å². The fraction of sp³-hybridized carbons (Fsp3) is 0.0476. The molecule has 0 atom stereocenters. The van der Waals surface area contributed by atoms with E-state index < -0.39 is 23.3 Å². The van der Waals surface area contributed by atoms with Gasteiger partial charge in [-0.3, -0.25) is 9.78 Å². The molecule has 9 nitrogen and oxygen atoms in total. The summed E-state index contributed by atoms with van der Waals surface area (Å²) in [4.78, 5) is 21.1. The standard InChI is InChI=1S/C21H12ClF3N8O/c22-15-9-12(10-27-19(15)32-8-7-28-31-32)30-20(34)14-11-29-33(18(14)21(23,24)25)17-5-1-4-16-13(17)3-2-6-26-16/h1-11H,(H,30,34). The average molecular weight is 485 g/mol. The van der Waals surface area contributed by atoms with Gasteiger partial charge in [-0.2, -0.15) is 18.3 Å². The molecule has 0 fully saturated rings. The van der Waals surface area contributed by atoms with E-state index in [1.54, 1.807) is 24.3 Å². The van der Waals surface area contributed by atoms with E-state index >= 15 is 0 Å². The fourth-order valence-corrected chi connectivity index (χ4v) is 3.68. The van der Waals surface area contributed by atoms with E-state index in [9.17, 15) is 18.0 Å². The lowest BCUT2D eigenvalue weighted by Gasteiger charge is -2.14. The van der Waals surface area contributed by atoms with Crippen LogP contribution in [0.3, 0.4) is 0 Å². The molecule has 4 heterocycles. The van der Waals surface area contributed by atoms with E-state index in [1.165, 1.54) is 41.6 Å². The van der Waals surface area contributed by atoms with Crippen LogP contribution in [0.25, 0.3) is 22.4 Å². The number of nitrogens with zero attached hydrogens (tertiary/aromatic N) is 7. The van der Waals surface area contributed by atoms with E-state index in [0.29, 0.717) is 15.6 Å². The predicted molar refractivity (Wildman–Crippen MR) is 116 cm³/mol. The smallest absolute Gasteiger partial charge is 0.320 e. The Hall–Kier alpha value is -4.32. The summed E-state index contributed by atoms with van der Waals surface area (Å²) in [6, 6.07) is 9.29. The normalized spacial score (nSPS) is 11.6. The van der Waals surface area contributed by atoms with Gasteiger partial charge >= 0.3 is 6.18 Å². The van der Waals surface area contributed by atoms with Crippen molar-refractivity contribution in [1.29, 1.82) is 0 Å². The van der Waals surface area contributed by atoms with Gasteiger partial charge in [-0.25, -0.2) is 14.3 Å². The molecule has 0 saturated heterocycles. The van der Waals surface area contributed by atoms with Gasteiger partial charge in [-0.15, -0.1) is 5.10 Å². The number of benzene rings is 1. The molecule has 34 heavy (non-hydrogen) atoms. The topological polar surface area (TPSA) is 103 Å². The number of carbonyl (C=O) groups excluding carboxylic acids is 1. The first-order valence-electron chi connectivity index (χ1n) is 9.66. The Morgan fingerprint density at radius 3 is 2.65 bits per heavy atom. The number of hydrogen-bond acceptors (Lipinski definition) is 6. The minimum atomic E-state index is -4.87. The van der Waals surface area contributed by atoms with Crippen molar-refractivity contribution in [1.82, 2.24) is 34.7 Å². The largest absolute Gasteiger partial charge is 0.434 e. The molecule has 0 radical (unpaired) electrons. The van der Waals surface area contributed by atoms with Gasteiger partial charge in [-0.05, 0) is 30.3 Å². The molecule has 0 unspecified atom stereocenters. The number of hydrogen-bond donors (Lipinski definition) is 1. The number of alkyl halides is 3. The van der Waals surface area contributed by atoms with Crippen LogP contribution < -0.4 is 5.32 Å². The zero-order valence-electron chi connectivity index (χ0n) is 16.9. The van der Waals surface area contributed by atoms with Crippen LogP contribution in [0, 0.1) is 0 Å². The van der Waals surface area contributed by atoms with Gasteiger partial charge in [0.25, 0.3) is 5.91 Å². The van der Waals surface area contributed by atoms with Crippen LogP contribution in [-0.2, 0) is 6.18 Å². The van der Waals surface area contributed by atoms with Crippen molar-refractivity contribution < 1.29 is 18.0 Å². The summed E-state index contributed by atoms with van der Waals surface area (Å²) in [5, 5.41) is 14.2. The summed E-state index contributed by atoms with van der Waals surface area (Å²) in [5.41, 5.74) is -1.17. The summed E-state index contributed by atoms with van der Waals surface area (Å²) in [6.45, 7) is 0. The van der Waals surface area contributed by atoms with Crippen LogP contribution in [0.5, 0.6) is 0 Å². The van der Waals surface area contributed by atoms with E-state index in [-0.39, 0.29) is 22.2 Å². The highest BCUT2D eigenvalue weighted by atomic mass is 35.5. The zero-order valence-corrected chi connectivity index (χ0v) is 17.7. The molecule has 13 heteroatoms. The van der Waals surface area contributed by atoms with Gasteiger partial charge in [0, 0.05) is 11.6 Å². The molecule has 4 aromatic heterocycles. The number of rotatable bonds is 4. The molecule has 1 amide bonds. The second-order valence-corrected chi connectivity index (χ2v) is 7.40. The number of fused-ring (bicyclic) bond motifs is 1. The van der Waals surface area contributed by atoms with Crippen molar-refractivity contribution in [3.63, 3.8) is 0 Å². The lowest BCUT2D eigenvalue weighted by Crippen LogP contribution is -2.21. The minimum absolute atomic E-state index is 0.0918. The molecule has 5 rings (SSSR count). The molecule has 1 aromatic carbocycles. The Balaban J connectivity index is 1.53. The number of halogens is 4. The van der Waals surface area contributed by atoms with Gasteiger partial charge in [-0.1, -0.05) is 22.9 Å². The van der Waals surface area contributed by atoms with Crippen molar-refractivity contribution in [2.45, 2.75) is 6.18 Å². The summed E-state index contributed by atoms with van der Waals surface area (Å²) in [7, 11) is 0. The third-order valence-electron chi connectivity index (χ3n) is 4.85. The second kappa shape index (κ2) is 8.23. The van der Waals surface area contributed by atoms with Crippen molar-refractivity contribution in [2.24, 2.45) is 0 Å². The molecule has 0 saturated carbocycles. The Labute approximate surface area is 193 Å². The van der Waals surface area contributed by atoms with Crippen LogP contribution in [0.15, 0.2) is 67.4 Å². The first-order valence-corrected chi connectivity index (χ1v) is 10.0. The summed E-state index contributed by atoms with van der Waals surface area (Å²) >= 11 is 6.19. The van der Waals surface area contributed by atoms with Crippen molar-refractivity contribution >= 4 is 34.1 Å². The van der Waals surface area contributed by atoms with Crippen LogP contribution in [0.1, 0.15) is 16.1 Å². The van der Waals surface area contributed by atoms with Gasteiger partial charge in [0.15, 0.2) is 11.5 Å². The quantitative estimate of drug-likeness (QED) is 0.407. The highest BCUT2D eigenvalue weighted by Gasteiger charge is 2.41. The average Bonchev–Trinajstić information content (AvgIpc) is 3.49. The van der Waals surface area contributed by atoms with Gasteiger partial charge < -0.3 is 5.32 Å². The number of aromatic nitrogens is 7. The van der Waals surface area contributed by atoms with Crippen molar-refractivity contribution in [3.8, 4) is 11.5 Å². The molecule has 1 N–H and O–H groups in total. The maximum Gasteiger partial charge on any atom is 0.434 e. The monoisotopic (exact) mass is 484 g/mol. The number of amides is 1. The number of pyridine rings is 2. The van der Waals surface area contributed by atoms with E-state index in [0.717, 1.165) is 6.20 Å². The summed E-state index contributed by atoms with van der Waals surface area (Å²) in [6.07, 6.45) is 1.71. The van der Waals surface area contributed by atoms with Crippen LogP contribution >= 0.6 is 11.6 Å².